The maximum atomic E-state index is 8.82. The highest BCUT2D eigenvalue weighted by atomic mass is 32.2. The summed E-state index contributed by atoms with van der Waals surface area (Å²) in [6.07, 6.45) is 1.83. The third-order valence-electron chi connectivity index (χ3n) is 1.01. The van der Waals surface area contributed by atoms with Crippen LogP contribution in [0.3, 0.4) is 0 Å². The molecule has 0 saturated heterocycles. The van der Waals surface area contributed by atoms with Crippen LogP contribution >= 0.6 is 11.8 Å². The van der Waals surface area contributed by atoms with Crippen molar-refractivity contribution in [3.63, 3.8) is 0 Å². The van der Waals surface area contributed by atoms with Gasteiger partial charge >= 0.3 is 0 Å². The average molecular weight is 166 g/mol. The molecule has 2 N–H and O–H groups in total. The van der Waals surface area contributed by atoms with Crippen molar-refractivity contribution in [3.8, 4) is 0 Å². The topological polar surface area (TPSA) is 49.7 Å². The summed E-state index contributed by atoms with van der Waals surface area (Å²) >= 11 is 1.59. The Hall–Kier alpha value is 0.230. The van der Waals surface area contributed by atoms with Crippen molar-refractivity contribution in [1.29, 1.82) is 0 Å². The van der Waals surface area contributed by atoms with E-state index in [1.165, 1.54) is 0 Å². The van der Waals surface area contributed by atoms with Crippen LogP contribution in [0, 0.1) is 0 Å². The molecule has 0 aliphatic rings. The molecule has 0 aliphatic carbocycles. The van der Waals surface area contributed by atoms with Crippen LogP contribution in [0.25, 0.3) is 0 Å². The molecule has 0 spiro atoms. The maximum Gasteiger partial charge on any atom is 0.0918 e. The van der Waals surface area contributed by atoms with Crippen LogP contribution in [0.1, 0.15) is 6.42 Å². The van der Waals surface area contributed by atoms with Crippen molar-refractivity contribution in [3.05, 3.63) is 0 Å². The Morgan fingerprint density at radius 1 is 1.60 bits per heavy atom. The summed E-state index contributed by atoms with van der Waals surface area (Å²) in [4.78, 5) is 0. The minimum absolute atomic E-state index is 0.178. The van der Waals surface area contributed by atoms with Gasteiger partial charge in [-0.3, -0.25) is 0 Å². The Morgan fingerprint density at radius 3 is 2.80 bits per heavy atom. The van der Waals surface area contributed by atoms with Gasteiger partial charge in [0.25, 0.3) is 0 Å². The number of aliphatic hydroxyl groups excluding tert-OH is 2. The Bertz CT molecular complexity index is 70.0. The van der Waals surface area contributed by atoms with Gasteiger partial charge in [0.15, 0.2) is 0 Å². The van der Waals surface area contributed by atoms with Gasteiger partial charge in [-0.15, -0.1) is 11.8 Å². The van der Waals surface area contributed by atoms with Crippen LogP contribution in [0.15, 0.2) is 0 Å². The molecule has 62 valence electrons. The average Bonchev–Trinajstić information content (AvgIpc) is 1.98. The fraction of sp³-hybridized carbons (Fsp3) is 1.00. The fourth-order valence-electron chi connectivity index (χ4n) is 0.453. The van der Waals surface area contributed by atoms with E-state index in [1.807, 2.05) is 6.26 Å². The van der Waals surface area contributed by atoms with Gasteiger partial charge in [0.05, 0.1) is 25.3 Å². The largest absolute Gasteiger partial charge is 0.394 e. The third-order valence-corrected chi connectivity index (χ3v) is 1.41. The highest BCUT2D eigenvalue weighted by molar-refractivity contribution is 7.98. The molecule has 10 heavy (non-hydrogen) atoms. The molecule has 4 heteroatoms. The summed E-state index contributed by atoms with van der Waals surface area (Å²) in [6, 6.07) is 0. The summed E-state index contributed by atoms with van der Waals surface area (Å²) in [5, 5.41) is 17.2. The van der Waals surface area contributed by atoms with Gasteiger partial charge in [-0.1, -0.05) is 0 Å². The second-order valence-corrected chi connectivity index (χ2v) is 2.75. The fourth-order valence-corrected chi connectivity index (χ4v) is 0.737. The van der Waals surface area contributed by atoms with Crippen molar-refractivity contribution >= 4 is 11.8 Å². The van der Waals surface area contributed by atoms with Crippen LogP contribution in [0.2, 0.25) is 0 Å². The number of hydrogen-bond acceptors (Lipinski definition) is 4. The third kappa shape index (κ3) is 6.35. The number of thioether (sulfide) groups is 1. The van der Waals surface area contributed by atoms with Gasteiger partial charge in [-0.2, -0.15) is 0 Å². The highest BCUT2D eigenvalue weighted by Gasteiger charge is 1.99. The molecule has 0 amide bonds. The molecule has 0 heterocycles. The quantitative estimate of drug-likeness (QED) is 0.433. The first kappa shape index (κ1) is 10.2. The molecule has 0 aromatic heterocycles. The van der Waals surface area contributed by atoms with Gasteiger partial charge in [-0.05, 0) is 12.7 Å². The van der Waals surface area contributed by atoms with Crippen LogP contribution in [0.5, 0.6) is 0 Å². The lowest BCUT2D eigenvalue weighted by atomic mass is 10.3. The second kappa shape index (κ2) is 7.34. The van der Waals surface area contributed by atoms with Gasteiger partial charge in [-0.25, -0.2) is 0 Å². The zero-order valence-electron chi connectivity index (χ0n) is 6.12. The summed E-state index contributed by atoms with van der Waals surface area (Å²) < 4.78 is 5.05. The maximum absolute atomic E-state index is 8.82. The van der Waals surface area contributed by atoms with Gasteiger partial charge in [0.1, 0.15) is 0 Å². The van der Waals surface area contributed by atoms with Crippen molar-refractivity contribution in [2.45, 2.75) is 12.5 Å². The molecule has 1 atom stereocenters. The Balaban J connectivity index is 2.89. The van der Waals surface area contributed by atoms with E-state index in [0.717, 1.165) is 0 Å². The van der Waals surface area contributed by atoms with Crippen LogP contribution in [-0.4, -0.2) is 41.7 Å². The molecule has 0 aromatic rings. The summed E-state index contributed by atoms with van der Waals surface area (Å²) in [6.45, 7) is 0.338. The molecule has 0 bridgehead atoms. The molecule has 0 radical (unpaired) electrons. The Labute approximate surface area is 65.4 Å². The van der Waals surface area contributed by atoms with Crippen LogP contribution < -0.4 is 0 Å². The molecule has 3 nitrogen and oxygen atoms in total. The molecule has 0 aromatic carbocycles. The van der Waals surface area contributed by atoms with Crippen molar-refractivity contribution in [1.82, 2.24) is 0 Å². The van der Waals surface area contributed by atoms with Crippen molar-refractivity contribution in [2.75, 3.05) is 25.4 Å². The second-order valence-electron chi connectivity index (χ2n) is 1.94. The molecular formula is C6H14O3S. The first-order valence-electron chi connectivity index (χ1n) is 3.17. The normalized spacial score (nSPS) is 13.5. The van der Waals surface area contributed by atoms with E-state index in [1.54, 1.807) is 11.8 Å². The molecule has 0 rings (SSSR count). The lowest BCUT2D eigenvalue weighted by Crippen LogP contribution is -2.14. The minimum Gasteiger partial charge on any atom is -0.394 e. The molecule has 0 aliphatic heterocycles. The van der Waals surface area contributed by atoms with Crippen molar-refractivity contribution < 1.29 is 14.9 Å². The summed E-state index contributed by atoms with van der Waals surface area (Å²) in [7, 11) is 0. The van der Waals surface area contributed by atoms with Gasteiger partial charge in [0, 0.05) is 0 Å². The molecule has 0 fully saturated rings. The predicted molar refractivity (Wildman–Crippen MR) is 42.0 cm³/mol. The lowest BCUT2D eigenvalue weighted by Gasteiger charge is -2.05. The van der Waals surface area contributed by atoms with Gasteiger partial charge in [0.2, 0.25) is 0 Å². The predicted octanol–water partition coefficient (Wildman–Crippen LogP) is 0.0668. The number of rotatable bonds is 6. The van der Waals surface area contributed by atoms with E-state index in [2.05, 4.69) is 0 Å². The van der Waals surface area contributed by atoms with E-state index in [-0.39, 0.29) is 6.61 Å². The first-order valence-corrected chi connectivity index (χ1v) is 4.56. The summed E-state index contributed by atoms with van der Waals surface area (Å²) in [5.41, 5.74) is 0. The van der Waals surface area contributed by atoms with E-state index in [9.17, 15) is 0 Å². The van der Waals surface area contributed by atoms with E-state index in [4.69, 9.17) is 14.9 Å². The Morgan fingerprint density at radius 2 is 2.30 bits per heavy atom. The Kier molecular flexibility index (Phi) is 7.51. The van der Waals surface area contributed by atoms with E-state index >= 15 is 0 Å². The standard InChI is InChI=1S/C6H14O3S/c1-10-5-9-3-2-6(8)4-7/h6-8H,2-5H2,1H3. The zero-order chi connectivity index (χ0) is 7.82. The van der Waals surface area contributed by atoms with Crippen LogP contribution in [-0.2, 0) is 4.74 Å². The lowest BCUT2D eigenvalue weighted by molar-refractivity contribution is 0.0593. The first-order chi connectivity index (χ1) is 4.81. The van der Waals surface area contributed by atoms with E-state index < -0.39 is 6.10 Å². The monoisotopic (exact) mass is 166 g/mol. The number of hydrogen-bond donors (Lipinski definition) is 2. The summed E-state index contributed by atoms with van der Waals surface area (Å²) in [5.74, 6) is 0.651. The molecule has 0 saturated carbocycles. The minimum atomic E-state index is -0.623. The van der Waals surface area contributed by atoms with Gasteiger partial charge < -0.3 is 14.9 Å². The van der Waals surface area contributed by atoms with Crippen LogP contribution in [0.4, 0.5) is 0 Å². The zero-order valence-corrected chi connectivity index (χ0v) is 6.93. The molecular weight excluding hydrogens is 152 g/mol. The van der Waals surface area contributed by atoms with Crippen molar-refractivity contribution in [2.24, 2.45) is 0 Å². The number of aliphatic hydroxyl groups is 2. The smallest absolute Gasteiger partial charge is 0.0918 e. The van der Waals surface area contributed by atoms with E-state index in [0.29, 0.717) is 19.0 Å². The molecule has 1 unspecified atom stereocenters. The SMILES string of the molecule is CSCOCCC(O)CO. The number of ether oxygens (including phenoxy) is 1. The highest BCUT2D eigenvalue weighted by Crippen LogP contribution is 1.95.